The molecule has 1 rings (SSSR count). The lowest BCUT2D eigenvalue weighted by Gasteiger charge is -2.20. The Morgan fingerprint density at radius 2 is 2.28 bits per heavy atom. The number of aryl methyl sites for hydroxylation is 2. The molecule has 6 nitrogen and oxygen atoms in total. The van der Waals surface area contributed by atoms with Crippen LogP contribution in [-0.2, 0) is 13.1 Å². The second-order valence-corrected chi connectivity index (χ2v) is 4.30. The molecular formula is C12H23N5O. The van der Waals surface area contributed by atoms with Crippen molar-refractivity contribution in [2.24, 2.45) is 10.9 Å². The number of nitrogens with zero attached hydrogens (tertiary/aromatic N) is 4. The molecule has 1 aromatic rings. The lowest BCUT2D eigenvalue weighted by molar-refractivity contribution is 0.275. The summed E-state index contributed by atoms with van der Waals surface area (Å²) in [5.41, 5.74) is 7.73. The average molecular weight is 253 g/mol. The van der Waals surface area contributed by atoms with Gasteiger partial charge in [-0.1, -0.05) is 12.1 Å². The van der Waals surface area contributed by atoms with E-state index in [1.165, 1.54) is 5.69 Å². The molecule has 6 heteroatoms. The van der Waals surface area contributed by atoms with Crippen LogP contribution in [0.5, 0.6) is 0 Å². The van der Waals surface area contributed by atoms with Crippen LogP contribution < -0.4 is 5.73 Å². The molecule has 0 aliphatic heterocycles. The number of amidine groups is 1. The second kappa shape index (κ2) is 7.00. The maximum absolute atomic E-state index is 8.53. The maximum Gasteiger partial charge on any atom is 0.140 e. The largest absolute Gasteiger partial charge is 0.409 e. The van der Waals surface area contributed by atoms with Crippen LogP contribution >= 0.6 is 0 Å². The van der Waals surface area contributed by atoms with Gasteiger partial charge in [0.2, 0.25) is 0 Å². The average Bonchev–Trinajstić information content (AvgIpc) is 2.73. The van der Waals surface area contributed by atoms with E-state index in [-0.39, 0.29) is 5.84 Å². The molecule has 0 aliphatic carbocycles. The number of aromatic nitrogens is 2. The van der Waals surface area contributed by atoms with Crippen LogP contribution in [0.4, 0.5) is 0 Å². The van der Waals surface area contributed by atoms with Crippen molar-refractivity contribution in [1.82, 2.24) is 14.7 Å². The van der Waals surface area contributed by atoms with Crippen molar-refractivity contribution in [2.45, 2.75) is 40.3 Å². The quantitative estimate of drug-likeness (QED) is 0.331. The second-order valence-electron chi connectivity index (χ2n) is 4.30. The van der Waals surface area contributed by atoms with Crippen molar-refractivity contribution >= 4 is 5.84 Å². The van der Waals surface area contributed by atoms with E-state index in [0.717, 1.165) is 31.9 Å². The lowest BCUT2D eigenvalue weighted by atomic mass is 10.3. The van der Waals surface area contributed by atoms with Gasteiger partial charge >= 0.3 is 0 Å². The van der Waals surface area contributed by atoms with Crippen LogP contribution in [0.1, 0.15) is 31.7 Å². The third-order valence-corrected chi connectivity index (χ3v) is 2.93. The summed E-state index contributed by atoms with van der Waals surface area (Å²) < 4.78 is 2.02. The Kier molecular flexibility index (Phi) is 5.64. The van der Waals surface area contributed by atoms with Crippen LogP contribution in [0.2, 0.25) is 0 Å². The fourth-order valence-electron chi connectivity index (χ4n) is 1.90. The maximum atomic E-state index is 8.53. The molecule has 0 atom stereocenters. The predicted molar refractivity (Wildman–Crippen MR) is 71.6 cm³/mol. The van der Waals surface area contributed by atoms with Gasteiger partial charge in [-0.25, -0.2) is 0 Å². The van der Waals surface area contributed by atoms with Gasteiger partial charge in [0.05, 0.1) is 11.4 Å². The highest BCUT2D eigenvalue weighted by molar-refractivity contribution is 5.79. The van der Waals surface area contributed by atoms with E-state index in [0.29, 0.717) is 6.42 Å². The summed E-state index contributed by atoms with van der Waals surface area (Å²) in [4.78, 5) is 2.25. The summed E-state index contributed by atoms with van der Waals surface area (Å²) in [6, 6.07) is 2.11. The number of hydrogen-bond donors (Lipinski definition) is 2. The van der Waals surface area contributed by atoms with E-state index in [9.17, 15) is 0 Å². The first-order chi connectivity index (χ1) is 8.60. The molecule has 0 spiro atoms. The molecule has 18 heavy (non-hydrogen) atoms. The molecule has 0 fully saturated rings. The van der Waals surface area contributed by atoms with Crippen molar-refractivity contribution in [3.63, 3.8) is 0 Å². The van der Waals surface area contributed by atoms with Crippen molar-refractivity contribution < 1.29 is 5.21 Å². The third kappa shape index (κ3) is 4.03. The molecule has 0 saturated heterocycles. The molecule has 0 aromatic carbocycles. The van der Waals surface area contributed by atoms with Gasteiger partial charge in [0.1, 0.15) is 5.84 Å². The Bertz CT molecular complexity index is 399. The molecule has 0 unspecified atom stereocenters. The molecule has 1 heterocycles. The van der Waals surface area contributed by atoms with E-state index >= 15 is 0 Å². The Labute approximate surface area is 108 Å². The van der Waals surface area contributed by atoms with Gasteiger partial charge in [0.15, 0.2) is 0 Å². The molecule has 3 N–H and O–H groups in total. The van der Waals surface area contributed by atoms with Crippen LogP contribution in [0.15, 0.2) is 11.2 Å². The molecule has 0 bridgehead atoms. The number of oxime groups is 1. The van der Waals surface area contributed by atoms with Crippen LogP contribution in [0, 0.1) is 6.92 Å². The molecule has 0 saturated carbocycles. The molecule has 0 radical (unpaired) electrons. The minimum Gasteiger partial charge on any atom is -0.409 e. The van der Waals surface area contributed by atoms with Crippen molar-refractivity contribution in [3.05, 3.63) is 17.5 Å². The summed E-state index contributed by atoms with van der Waals surface area (Å²) in [7, 11) is 0. The number of hydrogen-bond acceptors (Lipinski definition) is 4. The normalized spacial score (nSPS) is 12.3. The van der Waals surface area contributed by atoms with Crippen molar-refractivity contribution in [2.75, 3.05) is 13.1 Å². The summed E-state index contributed by atoms with van der Waals surface area (Å²) in [5, 5.41) is 15.9. The first-order valence-electron chi connectivity index (χ1n) is 6.32. The van der Waals surface area contributed by atoms with E-state index < -0.39 is 0 Å². The van der Waals surface area contributed by atoms with E-state index in [1.54, 1.807) is 0 Å². The number of rotatable bonds is 7. The van der Waals surface area contributed by atoms with Gasteiger partial charge in [0.25, 0.3) is 0 Å². The highest BCUT2D eigenvalue weighted by atomic mass is 16.4. The first kappa shape index (κ1) is 14.5. The minimum atomic E-state index is 0.272. The van der Waals surface area contributed by atoms with Gasteiger partial charge in [0, 0.05) is 26.1 Å². The Morgan fingerprint density at radius 3 is 2.83 bits per heavy atom. The van der Waals surface area contributed by atoms with Gasteiger partial charge in [-0.15, -0.1) is 0 Å². The van der Waals surface area contributed by atoms with Gasteiger partial charge in [-0.05, 0) is 26.5 Å². The van der Waals surface area contributed by atoms with Gasteiger partial charge < -0.3 is 10.9 Å². The van der Waals surface area contributed by atoms with E-state index in [1.807, 2.05) is 11.6 Å². The summed E-state index contributed by atoms with van der Waals surface area (Å²) in [6.45, 7) is 9.61. The van der Waals surface area contributed by atoms with E-state index in [2.05, 4.69) is 35.1 Å². The Morgan fingerprint density at radius 1 is 1.56 bits per heavy atom. The number of nitrogens with two attached hydrogens (primary N) is 1. The fourth-order valence-corrected chi connectivity index (χ4v) is 1.90. The first-order valence-corrected chi connectivity index (χ1v) is 6.32. The standard InChI is InChI=1S/C12H23N5O/c1-4-16(7-6-12(13)15-18)9-11-8-10(3)14-17(11)5-2/h8,18H,4-7,9H2,1-3H3,(H2,13,15). The molecule has 102 valence electrons. The van der Waals surface area contributed by atoms with Crippen LogP contribution in [0.25, 0.3) is 0 Å². The van der Waals surface area contributed by atoms with Gasteiger partial charge in [-0.3, -0.25) is 9.58 Å². The zero-order valence-corrected chi connectivity index (χ0v) is 11.4. The summed E-state index contributed by atoms with van der Waals surface area (Å²) >= 11 is 0. The summed E-state index contributed by atoms with van der Waals surface area (Å²) in [6.07, 6.45) is 0.573. The SMILES string of the molecule is CCN(CCC(N)=NO)Cc1cc(C)nn1CC. The zero-order valence-electron chi connectivity index (χ0n) is 11.4. The van der Waals surface area contributed by atoms with Crippen LogP contribution in [-0.4, -0.2) is 38.8 Å². The summed E-state index contributed by atoms with van der Waals surface area (Å²) in [5.74, 6) is 0.272. The highest BCUT2D eigenvalue weighted by Gasteiger charge is 2.09. The highest BCUT2D eigenvalue weighted by Crippen LogP contribution is 2.08. The Hall–Kier alpha value is -1.56. The van der Waals surface area contributed by atoms with Crippen molar-refractivity contribution in [3.8, 4) is 0 Å². The minimum absolute atomic E-state index is 0.272. The fraction of sp³-hybridized carbons (Fsp3) is 0.667. The third-order valence-electron chi connectivity index (χ3n) is 2.93. The molecule has 0 aliphatic rings. The topological polar surface area (TPSA) is 79.7 Å². The molecular weight excluding hydrogens is 230 g/mol. The van der Waals surface area contributed by atoms with Crippen molar-refractivity contribution in [1.29, 1.82) is 0 Å². The monoisotopic (exact) mass is 253 g/mol. The lowest BCUT2D eigenvalue weighted by Crippen LogP contribution is -2.28. The van der Waals surface area contributed by atoms with E-state index in [4.69, 9.17) is 10.9 Å². The molecule has 1 aromatic heterocycles. The smallest absolute Gasteiger partial charge is 0.140 e. The van der Waals surface area contributed by atoms with Crippen LogP contribution in [0.3, 0.4) is 0 Å². The van der Waals surface area contributed by atoms with Gasteiger partial charge in [-0.2, -0.15) is 5.10 Å². The molecule has 0 amide bonds. The predicted octanol–water partition coefficient (Wildman–Crippen LogP) is 1.17. The zero-order chi connectivity index (χ0) is 13.5. The Balaban J connectivity index is 2.61.